The van der Waals surface area contributed by atoms with Crippen molar-refractivity contribution in [3.8, 4) is 0 Å². The summed E-state index contributed by atoms with van der Waals surface area (Å²) in [7, 11) is 0. The molecule has 0 bridgehead atoms. The van der Waals surface area contributed by atoms with Gasteiger partial charge < -0.3 is 15.2 Å². The normalized spacial score (nSPS) is 26.9. The highest BCUT2D eigenvalue weighted by molar-refractivity contribution is 6.31. The summed E-state index contributed by atoms with van der Waals surface area (Å²) < 4.78 is 5.19. The monoisotopic (exact) mass is 241 g/mol. The van der Waals surface area contributed by atoms with Gasteiger partial charge in [0.15, 0.2) is 0 Å². The van der Waals surface area contributed by atoms with Crippen LogP contribution in [0, 0.1) is 0 Å². The average Bonchev–Trinajstić information content (AvgIpc) is 2.65. The van der Waals surface area contributed by atoms with Crippen LogP contribution in [0.15, 0.2) is 24.3 Å². The van der Waals surface area contributed by atoms with Crippen molar-refractivity contribution >= 4 is 11.6 Å². The van der Waals surface area contributed by atoms with Crippen molar-refractivity contribution in [2.45, 2.75) is 25.1 Å². The van der Waals surface area contributed by atoms with Gasteiger partial charge in [0.1, 0.15) is 0 Å². The number of hydrogen-bond donors (Lipinski definition) is 2. The van der Waals surface area contributed by atoms with Crippen LogP contribution in [-0.4, -0.2) is 30.5 Å². The highest BCUT2D eigenvalue weighted by Crippen LogP contribution is 2.23. The topological polar surface area (TPSA) is 41.5 Å². The number of aliphatic hydroxyl groups is 1. The lowest BCUT2D eigenvalue weighted by Crippen LogP contribution is -2.40. The molecule has 0 aromatic heterocycles. The smallest absolute Gasteiger partial charge is 0.0948 e. The molecule has 0 amide bonds. The van der Waals surface area contributed by atoms with Gasteiger partial charge in [0.25, 0.3) is 0 Å². The molecule has 0 radical (unpaired) electrons. The van der Waals surface area contributed by atoms with Gasteiger partial charge in [0.05, 0.1) is 25.4 Å². The second-order valence-electron chi connectivity index (χ2n) is 4.12. The predicted molar refractivity (Wildman–Crippen MR) is 63.6 cm³/mol. The molecule has 1 aromatic carbocycles. The van der Waals surface area contributed by atoms with Crippen molar-refractivity contribution < 1.29 is 9.84 Å². The van der Waals surface area contributed by atoms with E-state index in [1.807, 2.05) is 31.2 Å². The van der Waals surface area contributed by atoms with Crippen LogP contribution in [0.3, 0.4) is 0 Å². The fraction of sp³-hybridized carbons (Fsp3) is 0.500. The van der Waals surface area contributed by atoms with Crippen LogP contribution < -0.4 is 5.32 Å². The Labute approximate surface area is 100 Å². The zero-order valence-corrected chi connectivity index (χ0v) is 9.95. The van der Waals surface area contributed by atoms with E-state index in [4.69, 9.17) is 16.3 Å². The Bertz CT molecular complexity index is 359. The molecule has 1 saturated heterocycles. The van der Waals surface area contributed by atoms with Crippen molar-refractivity contribution in [2.24, 2.45) is 0 Å². The summed E-state index contributed by atoms with van der Waals surface area (Å²) in [4.78, 5) is 0. The van der Waals surface area contributed by atoms with E-state index in [0.29, 0.717) is 13.2 Å². The first-order valence-corrected chi connectivity index (χ1v) is 5.82. The lowest BCUT2D eigenvalue weighted by molar-refractivity contribution is 0.121. The van der Waals surface area contributed by atoms with E-state index in [0.717, 1.165) is 10.6 Å². The predicted octanol–water partition coefficient (Wildman–Crippen LogP) is 1.75. The molecule has 1 heterocycles. The molecule has 3 atom stereocenters. The first-order chi connectivity index (χ1) is 7.68. The molecule has 88 valence electrons. The lowest BCUT2D eigenvalue weighted by atomic mass is 10.1. The third-order valence-electron chi connectivity index (χ3n) is 2.89. The van der Waals surface area contributed by atoms with E-state index in [1.54, 1.807) is 0 Å². The Morgan fingerprint density at radius 2 is 2.19 bits per heavy atom. The summed E-state index contributed by atoms with van der Waals surface area (Å²) in [5.74, 6) is 0. The third kappa shape index (κ3) is 2.55. The van der Waals surface area contributed by atoms with Crippen LogP contribution in [0.5, 0.6) is 0 Å². The fourth-order valence-electron chi connectivity index (χ4n) is 1.94. The average molecular weight is 242 g/mol. The molecule has 0 aliphatic carbocycles. The Morgan fingerprint density at radius 1 is 1.44 bits per heavy atom. The zero-order chi connectivity index (χ0) is 11.5. The molecular weight excluding hydrogens is 226 g/mol. The first kappa shape index (κ1) is 11.9. The molecule has 1 fully saturated rings. The van der Waals surface area contributed by atoms with Gasteiger partial charge in [-0.2, -0.15) is 0 Å². The fourth-order valence-corrected chi connectivity index (χ4v) is 2.24. The molecule has 3 nitrogen and oxygen atoms in total. The Morgan fingerprint density at radius 3 is 2.81 bits per heavy atom. The lowest BCUT2D eigenvalue weighted by Gasteiger charge is -2.21. The van der Waals surface area contributed by atoms with Gasteiger partial charge in [0.2, 0.25) is 0 Å². The van der Waals surface area contributed by atoms with E-state index in [2.05, 4.69) is 5.32 Å². The molecule has 1 aliphatic rings. The molecular formula is C12H16ClNO2. The third-order valence-corrected chi connectivity index (χ3v) is 3.23. The van der Waals surface area contributed by atoms with Crippen molar-refractivity contribution in [1.29, 1.82) is 0 Å². The molecule has 0 spiro atoms. The Kier molecular flexibility index (Phi) is 3.82. The van der Waals surface area contributed by atoms with Crippen LogP contribution in [0.4, 0.5) is 0 Å². The summed E-state index contributed by atoms with van der Waals surface area (Å²) in [6.45, 7) is 3.00. The van der Waals surface area contributed by atoms with Gasteiger partial charge in [-0.3, -0.25) is 0 Å². The van der Waals surface area contributed by atoms with Crippen LogP contribution in [-0.2, 0) is 4.74 Å². The molecule has 2 rings (SSSR count). The van der Waals surface area contributed by atoms with Gasteiger partial charge in [-0.15, -0.1) is 0 Å². The number of benzene rings is 1. The van der Waals surface area contributed by atoms with Crippen molar-refractivity contribution in [1.82, 2.24) is 5.32 Å². The van der Waals surface area contributed by atoms with Crippen molar-refractivity contribution in [2.75, 3.05) is 13.2 Å². The van der Waals surface area contributed by atoms with Gasteiger partial charge in [-0.1, -0.05) is 29.8 Å². The maximum Gasteiger partial charge on any atom is 0.0948 e. The van der Waals surface area contributed by atoms with Gasteiger partial charge in [0, 0.05) is 11.1 Å². The summed E-state index contributed by atoms with van der Waals surface area (Å²) in [5, 5.41) is 13.7. The van der Waals surface area contributed by atoms with Crippen LogP contribution in [0.2, 0.25) is 5.02 Å². The summed E-state index contributed by atoms with van der Waals surface area (Å²) in [5.41, 5.74) is 1.04. The largest absolute Gasteiger partial charge is 0.389 e. The highest BCUT2D eigenvalue weighted by Gasteiger charge is 2.27. The Balaban J connectivity index is 2.03. The zero-order valence-electron chi connectivity index (χ0n) is 9.19. The van der Waals surface area contributed by atoms with Crippen LogP contribution >= 0.6 is 11.6 Å². The molecule has 1 aromatic rings. The second kappa shape index (κ2) is 5.15. The van der Waals surface area contributed by atoms with Gasteiger partial charge in [-0.25, -0.2) is 0 Å². The van der Waals surface area contributed by atoms with Crippen molar-refractivity contribution in [3.63, 3.8) is 0 Å². The van der Waals surface area contributed by atoms with Gasteiger partial charge >= 0.3 is 0 Å². The molecule has 1 aliphatic heterocycles. The molecule has 16 heavy (non-hydrogen) atoms. The quantitative estimate of drug-likeness (QED) is 0.847. The first-order valence-electron chi connectivity index (χ1n) is 5.45. The standard InChI is InChI=1S/C12H16ClNO2/c1-8(9-4-2-3-5-10(9)13)14-11-6-16-7-12(11)15/h2-5,8,11-12,14-15H,6-7H2,1H3. The summed E-state index contributed by atoms with van der Waals surface area (Å²) in [6.07, 6.45) is -0.426. The maximum absolute atomic E-state index is 9.63. The minimum Gasteiger partial charge on any atom is -0.389 e. The number of halogens is 1. The second-order valence-corrected chi connectivity index (χ2v) is 4.53. The van der Waals surface area contributed by atoms with E-state index in [9.17, 15) is 5.11 Å². The Hall–Kier alpha value is -0.610. The van der Waals surface area contributed by atoms with E-state index in [1.165, 1.54) is 0 Å². The maximum atomic E-state index is 9.63. The molecule has 3 unspecified atom stereocenters. The number of aliphatic hydroxyl groups excluding tert-OH is 1. The SMILES string of the molecule is CC(NC1COCC1O)c1ccccc1Cl. The van der Waals surface area contributed by atoms with Crippen molar-refractivity contribution in [3.05, 3.63) is 34.9 Å². The van der Waals surface area contributed by atoms with E-state index >= 15 is 0 Å². The molecule has 2 N–H and O–H groups in total. The van der Waals surface area contributed by atoms with Crippen LogP contribution in [0.1, 0.15) is 18.5 Å². The number of ether oxygens (including phenoxy) is 1. The van der Waals surface area contributed by atoms with Gasteiger partial charge in [-0.05, 0) is 18.6 Å². The highest BCUT2D eigenvalue weighted by atomic mass is 35.5. The summed E-state index contributed by atoms with van der Waals surface area (Å²) >= 11 is 6.11. The van der Waals surface area contributed by atoms with E-state index < -0.39 is 6.10 Å². The molecule has 4 heteroatoms. The van der Waals surface area contributed by atoms with Crippen LogP contribution in [0.25, 0.3) is 0 Å². The minimum atomic E-state index is -0.426. The number of rotatable bonds is 3. The summed E-state index contributed by atoms with van der Waals surface area (Å²) in [6, 6.07) is 7.83. The minimum absolute atomic E-state index is 0.00808. The number of hydrogen-bond acceptors (Lipinski definition) is 3. The number of nitrogens with one attached hydrogen (secondary N) is 1. The molecule has 0 saturated carbocycles. The van der Waals surface area contributed by atoms with E-state index in [-0.39, 0.29) is 12.1 Å².